The van der Waals surface area contributed by atoms with Crippen molar-refractivity contribution in [3.05, 3.63) is 76.3 Å². The summed E-state index contributed by atoms with van der Waals surface area (Å²) in [6.45, 7) is 1.99. The van der Waals surface area contributed by atoms with Gasteiger partial charge in [-0.1, -0.05) is 30.3 Å². The third-order valence-corrected chi connectivity index (χ3v) is 4.93. The largest absolute Gasteiger partial charge is 0.507 e. The van der Waals surface area contributed by atoms with E-state index in [1.165, 1.54) is 0 Å². The SMILES string of the molecule is CC(CN)(c1c(O)c2ccccc2oc1=O)c1c[nH]c2ccccc12. The number of rotatable bonds is 3. The van der Waals surface area contributed by atoms with E-state index in [1.807, 2.05) is 37.4 Å². The maximum absolute atomic E-state index is 12.7. The molecule has 2 aromatic carbocycles. The molecule has 2 heterocycles. The van der Waals surface area contributed by atoms with Crippen molar-refractivity contribution in [1.29, 1.82) is 0 Å². The van der Waals surface area contributed by atoms with E-state index < -0.39 is 11.0 Å². The van der Waals surface area contributed by atoms with Crippen LogP contribution in [0.15, 0.2) is 63.9 Å². The van der Waals surface area contributed by atoms with E-state index >= 15 is 0 Å². The molecule has 0 fully saturated rings. The minimum atomic E-state index is -0.895. The van der Waals surface area contributed by atoms with Crippen LogP contribution in [0.1, 0.15) is 18.1 Å². The second-order valence-electron chi connectivity index (χ2n) is 6.39. The lowest BCUT2D eigenvalue weighted by Crippen LogP contribution is -2.37. The molecule has 0 amide bonds. The molecule has 0 aliphatic carbocycles. The third kappa shape index (κ3) is 2.16. The smallest absolute Gasteiger partial charge is 0.344 e. The Hall–Kier alpha value is -3.05. The lowest BCUT2D eigenvalue weighted by Gasteiger charge is -2.28. The van der Waals surface area contributed by atoms with Gasteiger partial charge in [-0.25, -0.2) is 4.79 Å². The Morgan fingerprint density at radius 2 is 1.80 bits per heavy atom. The first kappa shape index (κ1) is 15.5. The van der Waals surface area contributed by atoms with Crippen molar-refractivity contribution in [3.8, 4) is 5.75 Å². The predicted molar refractivity (Wildman–Crippen MR) is 98.0 cm³/mol. The Kier molecular flexibility index (Phi) is 3.40. The Bertz CT molecular complexity index is 1140. The van der Waals surface area contributed by atoms with Crippen molar-refractivity contribution in [2.45, 2.75) is 12.3 Å². The predicted octanol–water partition coefficient (Wildman–Crippen LogP) is 3.24. The zero-order chi connectivity index (χ0) is 17.6. The average molecular weight is 334 g/mol. The van der Waals surface area contributed by atoms with Gasteiger partial charge in [-0.2, -0.15) is 0 Å². The average Bonchev–Trinajstić information content (AvgIpc) is 3.06. The Labute approximate surface area is 143 Å². The van der Waals surface area contributed by atoms with Crippen molar-refractivity contribution >= 4 is 21.9 Å². The van der Waals surface area contributed by atoms with Crippen LogP contribution in [0.3, 0.4) is 0 Å². The molecule has 25 heavy (non-hydrogen) atoms. The van der Waals surface area contributed by atoms with Gasteiger partial charge in [0, 0.05) is 29.1 Å². The van der Waals surface area contributed by atoms with Crippen molar-refractivity contribution in [3.63, 3.8) is 0 Å². The van der Waals surface area contributed by atoms with Gasteiger partial charge in [0.1, 0.15) is 11.3 Å². The number of para-hydroxylation sites is 2. The standard InChI is InChI=1S/C20H18N2O3/c1-20(11-21,14-10-22-15-8-4-2-6-12(14)15)17-18(23)13-7-3-5-9-16(13)25-19(17)24/h2-10,22-23H,11,21H2,1H3. The Balaban J connectivity index is 2.07. The molecule has 1 unspecified atom stereocenters. The number of fused-ring (bicyclic) bond motifs is 2. The van der Waals surface area contributed by atoms with E-state index in [4.69, 9.17) is 10.2 Å². The van der Waals surface area contributed by atoms with Crippen molar-refractivity contribution < 1.29 is 9.52 Å². The number of nitrogens with two attached hydrogens (primary N) is 1. The van der Waals surface area contributed by atoms with Crippen LogP contribution in [0.25, 0.3) is 21.9 Å². The van der Waals surface area contributed by atoms with Gasteiger partial charge in [-0.15, -0.1) is 0 Å². The molecule has 2 aromatic heterocycles. The van der Waals surface area contributed by atoms with Gasteiger partial charge in [0.05, 0.1) is 10.9 Å². The first-order valence-electron chi connectivity index (χ1n) is 8.08. The van der Waals surface area contributed by atoms with Crippen LogP contribution >= 0.6 is 0 Å². The summed E-state index contributed by atoms with van der Waals surface area (Å²) in [6.07, 6.45) is 1.84. The van der Waals surface area contributed by atoms with Crippen molar-refractivity contribution in [1.82, 2.24) is 4.98 Å². The number of hydrogen-bond donors (Lipinski definition) is 3. The molecule has 0 bridgehead atoms. The fourth-order valence-corrected chi connectivity index (χ4v) is 3.49. The maximum atomic E-state index is 12.7. The highest BCUT2D eigenvalue weighted by atomic mass is 16.4. The molecular weight excluding hydrogens is 316 g/mol. The van der Waals surface area contributed by atoms with Crippen LogP contribution in [-0.2, 0) is 5.41 Å². The van der Waals surface area contributed by atoms with Crippen LogP contribution in [-0.4, -0.2) is 16.6 Å². The topological polar surface area (TPSA) is 92.2 Å². The van der Waals surface area contributed by atoms with Crippen LogP contribution in [0.4, 0.5) is 0 Å². The molecule has 4 N–H and O–H groups in total. The molecule has 4 rings (SSSR count). The summed E-state index contributed by atoms with van der Waals surface area (Å²) in [6, 6.07) is 14.7. The van der Waals surface area contributed by atoms with Gasteiger partial charge in [-0.05, 0) is 30.7 Å². The summed E-state index contributed by atoms with van der Waals surface area (Å²) in [5, 5.41) is 12.3. The molecule has 0 radical (unpaired) electrons. The van der Waals surface area contributed by atoms with E-state index in [-0.39, 0.29) is 17.9 Å². The summed E-state index contributed by atoms with van der Waals surface area (Å²) in [7, 11) is 0. The van der Waals surface area contributed by atoms with E-state index in [0.29, 0.717) is 11.0 Å². The lowest BCUT2D eigenvalue weighted by molar-refractivity contribution is 0.428. The minimum Gasteiger partial charge on any atom is -0.507 e. The molecule has 0 spiro atoms. The molecular formula is C20H18N2O3. The zero-order valence-corrected chi connectivity index (χ0v) is 13.7. The van der Waals surface area contributed by atoms with E-state index in [1.54, 1.807) is 24.3 Å². The second kappa shape index (κ2) is 5.50. The summed E-state index contributed by atoms with van der Waals surface area (Å²) >= 11 is 0. The zero-order valence-electron chi connectivity index (χ0n) is 13.7. The van der Waals surface area contributed by atoms with E-state index in [9.17, 15) is 9.90 Å². The van der Waals surface area contributed by atoms with Crippen LogP contribution < -0.4 is 11.4 Å². The number of aromatic amines is 1. The quantitative estimate of drug-likeness (QED) is 0.502. The van der Waals surface area contributed by atoms with Crippen LogP contribution in [0.2, 0.25) is 0 Å². The van der Waals surface area contributed by atoms with Gasteiger partial charge in [-0.3, -0.25) is 0 Å². The first-order valence-corrected chi connectivity index (χ1v) is 8.08. The van der Waals surface area contributed by atoms with Gasteiger partial charge in [0.25, 0.3) is 0 Å². The Morgan fingerprint density at radius 1 is 1.12 bits per heavy atom. The maximum Gasteiger partial charge on any atom is 0.344 e. The van der Waals surface area contributed by atoms with Crippen molar-refractivity contribution in [2.24, 2.45) is 5.73 Å². The summed E-state index contributed by atoms with van der Waals surface area (Å²) in [5.41, 5.74) is 6.96. The monoisotopic (exact) mass is 334 g/mol. The molecule has 126 valence electrons. The summed E-state index contributed by atoms with van der Waals surface area (Å²) in [4.78, 5) is 15.9. The number of benzene rings is 2. The highest BCUT2D eigenvalue weighted by Gasteiger charge is 2.36. The van der Waals surface area contributed by atoms with Gasteiger partial charge in [0.15, 0.2) is 0 Å². The van der Waals surface area contributed by atoms with Gasteiger partial charge < -0.3 is 20.2 Å². The number of hydrogen-bond acceptors (Lipinski definition) is 4. The van der Waals surface area contributed by atoms with Gasteiger partial charge >= 0.3 is 5.63 Å². The van der Waals surface area contributed by atoms with Gasteiger partial charge in [0.2, 0.25) is 0 Å². The fourth-order valence-electron chi connectivity index (χ4n) is 3.49. The molecule has 5 nitrogen and oxygen atoms in total. The molecule has 4 aromatic rings. The van der Waals surface area contributed by atoms with Crippen molar-refractivity contribution in [2.75, 3.05) is 6.54 Å². The molecule has 0 saturated heterocycles. The highest BCUT2D eigenvalue weighted by molar-refractivity contribution is 5.87. The Morgan fingerprint density at radius 3 is 2.56 bits per heavy atom. The molecule has 1 atom stereocenters. The van der Waals surface area contributed by atoms with E-state index in [0.717, 1.165) is 16.5 Å². The highest BCUT2D eigenvalue weighted by Crippen LogP contribution is 2.40. The normalized spacial score (nSPS) is 14.0. The summed E-state index contributed by atoms with van der Waals surface area (Å²) in [5.74, 6) is -0.0786. The third-order valence-electron chi connectivity index (χ3n) is 4.93. The summed E-state index contributed by atoms with van der Waals surface area (Å²) < 4.78 is 5.45. The number of aromatic hydroxyl groups is 1. The van der Waals surface area contributed by atoms with Crippen LogP contribution in [0, 0.1) is 0 Å². The number of aromatic nitrogens is 1. The molecule has 0 aliphatic rings. The second-order valence-corrected chi connectivity index (χ2v) is 6.39. The lowest BCUT2D eigenvalue weighted by atomic mass is 9.76. The number of nitrogens with one attached hydrogen (secondary N) is 1. The number of H-pyrrole nitrogens is 1. The molecule has 5 heteroatoms. The minimum absolute atomic E-state index is 0.0786. The molecule has 0 aliphatic heterocycles. The fraction of sp³-hybridized carbons (Fsp3) is 0.150. The van der Waals surface area contributed by atoms with E-state index in [2.05, 4.69) is 4.98 Å². The molecule has 0 saturated carbocycles. The van der Waals surface area contributed by atoms with Crippen LogP contribution in [0.5, 0.6) is 5.75 Å². The first-order chi connectivity index (χ1) is 12.1.